The lowest BCUT2D eigenvalue weighted by Gasteiger charge is -2.25. The summed E-state index contributed by atoms with van der Waals surface area (Å²) in [5.74, 6) is 0.488. The van der Waals surface area contributed by atoms with Crippen molar-refractivity contribution in [2.45, 2.75) is 42.8 Å². The zero-order chi connectivity index (χ0) is 19.0. The van der Waals surface area contributed by atoms with Crippen LogP contribution in [0.15, 0.2) is 47.5 Å². The monoisotopic (exact) mass is 387 g/mol. The minimum Gasteiger partial charge on any atom is -0.473 e. The van der Waals surface area contributed by atoms with E-state index in [1.54, 1.807) is 35.0 Å². The molecule has 1 saturated carbocycles. The SMILES string of the molecule is CS(=O)(=O)c1cccc(-c2cnc3ccc(OC4CCC(O)CC4)nn23)c1. The van der Waals surface area contributed by atoms with Crippen LogP contribution in [0.3, 0.4) is 0 Å². The van der Waals surface area contributed by atoms with Crippen molar-refractivity contribution in [1.82, 2.24) is 14.6 Å². The van der Waals surface area contributed by atoms with Gasteiger partial charge < -0.3 is 9.84 Å². The van der Waals surface area contributed by atoms with Crippen LogP contribution in [0, 0.1) is 0 Å². The average Bonchev–Trinajstić information content (AvgIpc) is 3.06. The Bertz CT molecular complexity index is 1070. The quantitative estimate of drug-likeness (QED) is 0.739. The summed E-state index contributed by atoms with van der Waals surface area (Å²) in [7, 11) is -3.30. The van der Waals surface area contributed by atoms with E-state index >= 15 is 0 Å². The van der Waals surface area contributed by atoms with Crippen molar-refractivity contribution in [3.05, 3.63) is 42.6 Å². The van der Waals surface area contributed by atoms with Gasteiger partial charge in [0, 0.05) is 17.9 Å². The first-order chi connectivity index (χ1) is 12.9. The number of rotatable bonds is 4. The van der Waals surface area contributed by atoms with Crippen LogP contribution in [0.2, 0.25) is 0 Å². The van der Waals surface area contributed by atoms with Gasteiger partial charge in [0.25, 0.3) is 0 Å². The van der Waals surface area contributed by atoms with E-state index in [1.807, 2.05) is 12.1 Å². The molecule has 0 saturated heterocycles. The fourth-order valence-corrected chi connectivity index (χ4v) is 4.00. The molecule has 142 valence electrons. The van der Waals surface area contributed by atoms with Gasteiger partial charge in [-0.3, -0.25) is 0 Å². The molecule has 1 aliphatic rings. The number of aliphatic hydroxyl groups excluding tert-OH is 1. The van der Waals surface area contributed by atoms with E-state index in [2.05, 4.69) is 10.1 Å². The van der Waals surface area contributed by atoms with E-state index in [0.717, 1.165) is 31.2 Å². The van der Waals surface area contributed by atoms with Crippen LogP contribution in [0.5, 0.6) is 5.88 Å². The van der Waals surface area contributed by atoms with Crippen molar-refractivity contribution < 1.29 is 18.3 Å². The smallest absolute Gasteiger partial charge is 0.232 e. The normalized spacial score (nSPS) is 20.7. The number of hydrogen-bond acceptors (Lipinski definition) is 6. The van der Waals surface area contributed by atoms with E-state index in [1.165, 1.54) is 6.26 Å². The third-order valence-corrected chi connectivity index (χ3v) is 5.94. The van der Waals surface area contributed by atoms with Gasteiger partial charge in [0.2, 0.25) is 5.88 Å². The van der Waals surface area contributed by atoms with Crippen LogP contribution in [0.4, 0.5) is 0 Å². The summed E-state index contributed by atoms with van der Waals surface area (Å²) < 4.78 is 31.3. The summed E-state index contributed by atoms with van der Waals surface area (Å²) >= 11 is 0. The average molecular weight is 387 g/mol. The molecule has 7 nitrogen and oxygen atoms in total. The van der Waals surface area contributed by atoms with Crippen molar-refractivity contribution in [1.29, 1.82) is 0 Å². The Hall–Kier alpha value is -2.45. The number of aliphatic hydroxyl groups is 1. The van der Waals surface area contributed by atoms with Gasteiger partial charge in [-0.25, -0.2) is 17.9 Å². The predicted octanol–water partition coefficient (Wildman–Crippen LogP) is 2.48. The highest BCUT2D eigenvalue weighted by Crippen LogP contribution is 2.26. The Morgan fingerprint density at radius 3 is 2.67 bits per heavy atom. The van der Waals surface area contributed by atoms with Crippen LogP contribution in [0.1, 0.15) is 25.7 Å². The zero-order valence-corrected chi connectivity index (χ0v) is 15.8. The second kappa shape index (κ2) is 6.94. The maximum atomic E-state index is 11.8. The Labute approximate surface area is 157 Å². The van der Waals surface area contributed by atoms with Crippen molar-refractivity contribution in [2.24, 2.45) is 0 Å². The number of ether oxygens (including phenoxy) is 1. The number of sulfone groups is 1. The molecule has 0 spiro atoms. The van der Waals surface area contributed by atoms with Crippen molar-refractivity contribution >= 4 is 15.5 Å². The number of imidazole rings is 1. The lowest BCUT2D eigenvalue weighted by atomic mass is 9.95. The van der Waals surface area contributed by atoms with E-state index < -0.39 is 9.84 Å². The summed E-state index contributed by atoms with van der Waals surface area (Å²) in [4.78, 5) is 4.60. The zero-order valence-electron chi connectivity index (χ0n) is 14.9. The first-order valence-corrected chi connectivity index (χ1v) is 10.8. The molecule has 0 amide bonds. The van der Waals surface area contributed by atoms with Gasteiger partial charge in [0.1, 0.15) is 6.10 Å². The third-order valence-electron chi connectivity index (χ3n) is 4.83. The molecule has 1 aliphatic carbocycles. The molecule has 2 heterocycles. The number of aromatic nitrogens is 3. The largest absolute Gasteiger partial charge is 0.473 e. The number of nitrogens with zero attached hydrogens (tertiary/aromatic N) is 3. The van der Waals surface area contributed by atoms with Crippen molar-refractivity contribution in [2.75, 3.05) is 6.26 Å². The fraction of sp³-hybridized carbons (Fsp3) is 0.368. The van der Waals surface area contributed by atoms with Gasteiger partial charge in [-0.05, 0) is 43.9 Å². The second-order valence-electron chi connectivity index (χ2n) is 6.93. The molecule has 1 fully saturated rings. The molecule has 8 heteroatoms. The highest BCUT2D eigenvalue weighted by atomic mass is 32.2. The molecule has 0 atom stereocenters. The molecule has 0 bridgehead atoms. The van der Waals surface area contributed by atoms with Gasteiger partial charge in [0.05, 0.1) is 22.9 Å². The number of hydrogen-bond donors (Lipinski definition) is 1. The highest BCUT2D eigenvalue weighted by Gasteiger charge is 2.21. The van der Waals surface area contributed by atoms with E-state index in [-0.39, 0.29) is 17.1 Å². The van der Waals surface area contributed by atoms with Crippen LogP contribution in [0.25, 0.3) is 16.9 Å². The minimum absolute atomic E-state index is 0.0406. The first-order valence-electron chi connectivity index (χ1n) is 8.90. The van der Waals surface area contributed by atoms with Gasteiger partial charge in [-0.2, -0.15) is 0 Å². The molecule has 3 aromatic rings. The number of fused-ring (bicyclic) bond motifs is 1. The van der Waals surface area contributed by atoms with Gasteiger partial charge in [-0.15, -0.1) is 5.10 Å². The molecule has 1 N–H and O–H groups in total. The molecular weight excluding hydrogens is 366 g/mol. The maximum absolute atomic E-state index is 11.8. The Morgan fingerprint density at radius 1 is 1.15 bits per heavy atom. The van der Waals surface area contributed by atoms with Crippen LogP contribution >= 0.6 is 0 Å². The van der Waals surface area contributed by atoms with E-state index in [0.29, 0.717) is 17.2 Å². The van der Waals surface area contributed by atoms with Crippen molar-refractivity contribution in [3.8, 4) is 17.1 Å². The summed E-state index contributed by atoms with van der Waals surface area (Å²) in [5.41, 5.74) is 2.07. The molecular formula is C19H21N3O4S. The van der Waals surface area contributed by atoms with Crippen molar-refractivity contribution in [3.63, 3.8) is 0 Å². The third kappa shape index (κ3) is 3.81. The molecule has 4 rings (SSSR count). The standard InChI is InChI=1S/C19H21N3O4S/c1-27(24,25)16-4-2-3-13(11-16)17-12-20-18-9-10-19(21-22(17)18)26-15-7-5-14(23)6-8-15/h2-4,9-12,14-15,23H,5-8H2,1H3. The first kappa shape index (κ1) is 17.9. The van der Waals surface area contributed by atoms with Gasteiger partial charge >= 0.3 is 0 Å². The van der Waals surface area contributed by atoms with Gasteiger partial charge in [0.15, 0.2) is 15.5 Å². The number of benzene rings is 1. The summed E-state index contributed by atoms with van der Waals surface area (Å²) in [5, 5.41) is 14.2. The molecule has 27 heavy (non-hydrogen) atoms. The Balaban J connectivity index is 1.67. The lowest BCUT2D eigenvalue weighted by molar-refractivity contribution is 0.0637. The van der Waals surface area contributed by atoms with Crippen LogP contribution < -0.4 is 4.74 Å². The topological polar surface area (TPSA) is 93.8 Å². The highest BCUT2D eigenvalue weighted by molar-refractivity contribution is 7.90. The molecule has 0 radical (unpaired) electrons. The second-order valence-corrected chi connectivity index (χ2v) is 8.95. The summed E-state index contributed by atoms with van der Waals surface area (Å²) in [6.45, 7) is 0. The van der Waals surface area contributed by atoms with Crippen LogP contribution in [-0.2, 0) is 9.84 Å². The summed E-state index contributed by atoms with van der Waals surface area (Å²) in [6.07, 6.45) is 5.74. The Morgan fingerprint density at radius 2 is 1.93 bits per heavy atom. The van der Waals surface area contributed by atoms with E-state index in [9.17, 15) is 13.5 Å². The molecule has 0 unspecified atom stereocenters. The van der Waals surface area contributed by atoms with Gasteiger partial charge in [-0.1, -0.05) is 12.1 Å². The maximum Gasteiger partial charge on any atom is 0.232 e. The lowest BCUT2D eigenvalue weighted by Crippen LogP contribution is -2.26. The molecule has 0 aliphatic heterocycles. The summed E-state index contributed by atoms with van der Waals surface area (Å²) in [6, 6.07) is 10.3. The Kier molecular flexibility index (Phi) is 4.61. The molecule has 2 aromatic heterocycles. The van der Waals surface area contributed by atoms with E-state index in [4.69, 9.17) is 4.74 Å². The predicted molar refractivity (Wildman–Crippen MR) is 100 cm³/mol. The fourth-order valence-electron chi connectivity index (χ4n) is 3.34. The molecule has 1 aromatic carbocycles. The minimum atomic E-state index is -3.30. The van der Waals surface area contributed by atoms with Crippen LogP contribution in [-0.4, -0.2) is 46.6 Å².